The number of carbonyl (C=O) groups is 1. The number of piperazine rings is 1. The predicted octanol–water partition coefficient (Wildman–Crippen LogP) is 4.16. The summed E-state index contributed by atoms with van der Waals surface area (Å²) in [7, 11) is 0. The van der Waals surface area contributed by atoms with Crippen molar-refractivity contribution in [2.75, 3.05) is 44.4 Å². The molecule has 0 aliphatic carbocycles. The second-order valence-corrected chi connectivity index (χ2v) is 8.70. The molecule has 0 aromatic heterocycles. The summed E-state index contributed by atoms with van der Waals surface area (Å²) in [6.07, 6.45) is 0. The summed E-state index contributed by atoms with van der Waals surface area (Å²) in [4.78, 5) is 17.5. The molecule has 176 valence electrons. The van der Waals surface area contributed by atoms with Crippen LogP contribution in [0.15, 0.2) is 66.7 Å². The van der Waals surface area contributed by atoms with Gasteiger partial charge in [0.15, 0.2) is 11.5 Å². The Balaban J connectivity index is 1.31. The number of halogens is 1. The zero-order chi connectivity index (χ0) is 23.5. The molecule has 1 N–H and O–H groups in total. The number of ether oxygens (including phenoxy) is 2. The van der Waals surface area contributed by atoms with Crippen LogP contribution in [0.3, 0.4) is 0 Å². The highest BCUT2D eigenvalue weighted by atomic mass is 19.1. The van der Waals surface area contributed by atoms with E-state index in [-0.39, 0.29) is 24.6 Å². The maximum atomic E-state index is 13.3. The Hall–Kier alpha value is -3.58. The molecule has 34 heavy (non-hydrogen) atoms. The van der Waals surface area contributed by atoms with Crippen LogP contribution < -0.4 is 19.7 Å². The van der Waals surface area contributed by atoms with Gasteiger partial charge in [-0.2, -0.15) is 0 Å². The topological polar surface area (TPSA) is 54.0 Å². The minimum absolute atomic E-state index is 0.0146. The maximum absolute atomic E-state index is 13.3. The number of benzene rings is 3. The van der Waals surface area contributed by atoms with Crippen LogP contribution in [-0.4, -0.2) is 50.3 Å². The second-order valence-electron chi connectivity index (χ2n) is 8.70. The minimum atomic E-state index is -0.227. The number of nitrogens with one attached hydrogen (secondary N) is 1. The SMILES string of the molecule is Cc1ccc(C(=O)NC[C@H](c2ccc3c(c2)OCO3)N2CCN(c3ccc(F)cc3)CC2)cc1. The quantitative estimate of drug-likeness (QED) is 0.598. The number of amides is 1. The van der Waals surface area contributed by atoms with Gasteiger partial charge in [0.25, 0.3) is 5.91 Å². The Bertz CT molecular complexity index is 1140. The molecule has 2 heterocycles. The molecule has 2 aliphatic heterocycles. The van der Waals surface area contributed by atoms with Crippen LogP contribution in [-0.2, 0) is 0 Å². The van der Waals surface area contributed by atoms with Crippen molar-refractivity contribution >= 4 is 11.6 Å². The van der Waals surface area contributed by atoms with Gasteiger partial charge in [0.05, 0.1) is 6.04 Å². The minimum Gasteiger partial charge on any atom is -0.454 e. The monoisotopic (exact) mass is 461 g/mol. The fraction of sp³-hybridized carbons (Fsp3) is 0.296. The predicted molar refractivity (Wildman–Crippen MR) is 129 cm³/mol. The first-order valence-electron chi connectivity index (χ1n) is 11.6. The first kappa shape index (κ1) is 22.2. The van der Waals surface area contributed by atoms with Crippen LogP contribution in [0, 0.1) is 12.7 Å². The molecule has 0 spiro atoms. The van der Waals surface area contributed by atoms with Gasteiger partial charge in [-0.25, -0.2) is 4.39 Å². The van der Waals surface area contributed by atoms with Crippen molar-refractivity contribution in [2.24, 2.45) is 0 Å². The summed E-state index contributed by atoms with van der Waals surface area (Å²) in [5.74, 6) is 1.16. The van der Waals surface area contributed by atoms with Crippen molar-refractivity contribution in [1.82, 2.24) is 10.2 Å². The van der Waals surface area contributed by atoms with Crippen molar-refractivity contribution in [1.29, 1.82) is 0 Å². The molecule has 0 saturated carbocycles. The second kappa shape index (κ2) is 9.73. The van der Waals surface area contributed by atoms with Gasteiger partial charge in [-0.15, -0.1) is 0 Å². The lowest BCUT2D eigenvalue weighted by atomic mass is 10.0. The maximum Gasteiger partial charge on any atom is 0.251 e. The number of hydrogen-bond acceptors (Lipinski definition) is 5. The Kier molecular flexibility index (Phi) is 6.36. The molecule has 3 aromatic carbocycles. The van der Waals surface area contributed by atoms with Crippen molar-refractivity contribution in [2.45, 2.75) is 13.0 Å². The zero-order valence-corrected chi connectivity index (χ0v) is 19.2. The summed E-state index contributed by atoms with van der Waals surface area (Å²) < 4.78 is 24.4. The van der Waals surface area contributed by atoms with E-state index in [1.54, 1.807) is 0 Å². The first-order valence-corrected chi connectivity index (χ1v) is 11.6. The number of carbonyl (C=O) groups excluding carboxylic acids is 1. The van der Waals surface area contributed by atoms with Gasteiger partial charge >= 0.3 is 0 Å². The molecule has 3 aromatic rings. The average Bonchev–Trinajstić information content (AvgIpc) is 3.33. The highest BCUT2D eigenvalue weighted by Gasteiger charge is 2.27. The van der Waals surface area contributed by atoms with E-state index < -0.39 is 0 Å². The summed E-state index contributed by atoms with van der Waals surface area (Å²) in [6.45, 7) is 5.97. The summed E-state index contributed by atoms with van der Waals surface area (Å²) >= 11 is 0. The fourth-order valence-electron chi connectivity index (χ4n) is 4.52. The van der Waals surface area contributed by atoms with Crippen molar-refractivity contribution in [3.63, 3.8) is 0 Å². The van der Waals surface area contributed by atoms with Gasteiger partial charge in [0.1, 0.15) is 5.82 Å². The van der Waals surface area contributed by atoms with E-state index in [2.05, 4.69) is 15.1 Å². The van der Waals surface area contributed by atoms with Gasteiger partial charge in [-0.1, -0.05) is 23.8 Å². The molecule has 0 unspecified atom stereocenters. The Morgan fingerprint density at radius 1 is 0.941 bits per heavy atom. The Morgan fingerprint density at radius 2 is 1.65 bits per heavy atom. The van der Waals surface area contributed by atoms with Crippen LogP contribution >= 0.6 is 0 Å². The first-order chi connectivity index (χ1) is 16.6. The number of rotatable bonds is 6. The highest BCUT2D eigenvalue weighted by molar-refractivity contribution is 5.94. The lowest BCUT2D eigenvalue weighted by Crippen LogP contribution is -2.50. The van der Waals surface area contributed by atoms with Gasteiger partial charge < -0.3 is 19.7 Å². The van der Waals surface area contributed by atoms with Crippen molar-refractivity contribution < 1.29 is 18.7 Å². The van der Waals surface area contributed by atoms with Crippen LogP contribution in [0.25, 0.3) is 0 Å². The third kappa shape index (κ3) is 4.84. The lowest BCUT2D eigenvalue weighted by Gasteiger charge is -2.40. The lowest BCUT2D eigenvalue weighted by molar-refractivity contribution is 0.0930. The van der Waals surface area contributed by atoms with E-state index >= 15 is 0 Å². The summed E-state index contributed by atoms with van der Waals surface area (Å²) in [6, 6.07) is 20.2. The largest absolute Gasteiger partial charge is 0.454 e. The third-order valence-electron chi connectivity index (χ3n) is 6.50. The van der Waals surface area contributed by atoms with Gasteiger partial charge in [-0.3, -0.25) is 9.69 Å². The van der Waals surface area contributed by atoms with Crippen LogP contribution in [0.2, 0.25) is 0 Å². The number of aryl methyl sites for hydroxylation is 1. The highest BCUT2D eigenvalue weighted by Crippen LogP contribution is 2.35. The average molecular weight is 462 g/mol. The molecule has 5 rings (SSSR count). The van der Waals surface area contributed by atoms with Crippen molar-refractivity contribution in [3.8, 4) is 11.5 Å². The molecule has 0 bridgehead atoms. The Labute approximate surface area is 198 Å². The molecular formula is C27H28FN3O3. The van der Waals surface area contributed by atoms with Crippen LogP contribution in [0.5, 0.6) is 11.5 Å². The van der Waals surface area contributed by atoms with E-state index in [4.69, 9.17) is 9.47 Å². The normalized spacial score (nSPS) is 16.4. The molecule has 1 saturated heterocycles. The van der Waals surface area contributed by atoms with E-state index in [1.807, 2.05) is 61.5 Å². The third-order valence-corrected chi connectivity index (χ3v) is 6.50. The molecule has 1 fully saturated rings. The summed E-state index contributed by atoms with van der Waals surface area (Å²) in [5, 5.41) is 3.12. The molecule has 7 heteroatoms. The van der Waals surface area contributed by atoms with E-state index in [0.29, 0.717) is 12.1 Å². The molecule has 6 nitrogen and oxygen atoms in total. The smallest absolute Gasteiger partial charge is 0.251 e. The number of hydrogen-bond donors (Lipinski definition) is 1. The molecule has 0 radical (unpaired) electrons. The van der Waals surface area contributed by atoms with Crippen LogP contribution in [0.1, 0.15) is 27.5 Å². The Morgan fingerprint density at radius 3 is 2.38 bits per heavy atom. The molecule has 1 amide bonds. The van der Waals surface area contributed by atoms with E-state index in [1.165, 1.54) is 12.1 Å². The van der Waals surface area contributed by atoms with Crippen molar-refractivity contribution in [3.05, 3.63) is 89.2 Å². The van der Waals surface area contributed by atoms with Gasteiger partial charge in [-0.05, 0) is 61.0 Å². The molecular weight excluding hydrogens is 433 g/mol. The van der Waals surface area contributed by atoms with E-state index in [9.17, 15) is 9.18 Å². The zero-order valence-electron chi connectivity index (χ0n) is 19.2. The standard InChI is InChI=1S/C27H28FN3O3/c1-19-2-4-20(5-3-19)27(32)29-17-24(21-6-11-25-26(16-21)34-18-33-25)31-14-12-30(13-15-31)23-9-7-22(28)8-10-23/h2-11,16,24H,12-15,17-18H2,1H3,(H,29,32)/t24-/m1/s1. The molecule has 2 aliphatic rings. The van der Waals surface area contributed by atoms with E-state index in [0.717, 1.165) is 54.5 Å². The number of nitrogens with zero attached hydrogens (tertiary/aromatic N) is 2. The fourth-order valence-corrected chi connectivity index (χ4v) is 4.52. The van der Waals surface area contributed by atoms with Gasteiger partial charge in [0.2, 0.25) is 6.79 Å². The molecule has 1 atom stereocenters. The number of fused-ring (bicyclic) bond motifs is 1. The summed E-state index contributed by atoms with van der Waals surface area (Å²) in [5.41, 5.74) is 3.86. The number of anilines is 1. The van der Waals surface area contributed by atoms with Gasteiger partial charge in [0, 0.05) is 44.0 Å². The van der Waals surface area contributed by atoms with Crippen LogP contribution in [0.4, 0.5) is 10.1 Å².